The molecule has 0 fully saturated rings. The lowest BCUT2D eigenvalue weighted by Gasteiger charge is -2.13. The molecule has 0 saturated heterocycles. The number of carbonyl (C=O) groups is 1. The molecule has 1 amide bonds. The second-order valence-electron chi connectivity index (χ2n) is 6.58. The number of anilines is 1. The van der Waals surface area contributed by atoms with Gasteiger partial charge in [-0.3, -0.25) is 4.79 Å². The fourth-order valence-corrected chi connectivity index (χ4v) is 3.21. The van der Waals surface area contributed by atoms with Gasteiger partial charge in [0.05, 0.1) is 17.3 Å². The maximum atomic E-state index is 12.3. The zero-order chi connectivity index (χ0) is 21.9. The highest BCUT2D eigenvalue weighted by Gasteiger charge is 2.09. The Balaban J connectivity index is 1.40. The van der Waals surface area contributed by atoms with E-state index >= 15 is 0 Å². The van der Waals surface area contributed by atoms with Gasteiger partial charge in [0.15, 0.2) is 0 Å². The molecule has 0 heterocycles. The lowest BCUT2D eigenvalue weighted by Crippen LogP contribution is -2.15. The first-order valence-corrected chi connectivity index (χ1v) is 10.6. The second-order valence-corrected chi connectivity index (χ2v) is 7.42. The fourth-order valence-electron chi connectivity index (χ4n) is 2.74. The molecule has 0 aliphatic heterocycles. The van der Waals surface area contributed by atoms with Gasteiger partial charge in [0.25, 0.3) is 0 Å². The Labute approximate surface area is 191 Å². The zero-order valence-corrected chi connectivity index (χ0v) is 18.4. The molecule has 0 spiro atoms. The van der Waals surface area contributed by atoms with E-state index < -0.39 is 0 Å². The van der Waals surface area contributed by atoms with Gasteiger partial charge < -0.3 is 19.5 Å². The van der Waals surface area contributed by atoms with Crippen molar-refractivity contribution in [3.8, 4) is 17.2 Å². The minimum atomic E-state index is -0.123. The Morgan fingerprint density at radius 2 is 1.48 bits per heavy atom. The highest BCUT2D eigenvalue weighted by Crippen LogP contribution is 2.28. The minimum absolute atomic E-state index is 0.123. The molecule has 3 rings (SSSR count). The van der Waals surface area contributed by atoms with Crippen molar-refractivity contribution in [3.05, 3.63) is 82.8 Å². The van der Waals surface area contributed by atoms with Gasteiger partial charge in [0, 0.05) is 11.4 Å². The predicted octanol–water partition coefficient (Wildman–Crippen LogP) is 6.25. The van der Waals surface area contributed by atoms with Crippen molar-refractivity contribution in [2.75, 3.05) is 25.1 Å². The summed E-state index contributed by atoms with van der Waals surface area (Å²) < 4.78 is 17.0. The predicted molar refractivity (Wildman–Crippen MR) is 124 cm³/mol. The normalized spacial score (nSPS) is 10.4. The van der Waals surface area contributed by atoms with E-state index in [1.807, 2.05) is 48.5 Å². The van der Waals surface area contributed by atoms with Gasteiger partial charge in [0.2, 0.25) is 5.91 Å². The third kappa shape index (κ3) is 7.70. The fraction of sp³-hybridized carbons (Fsp3) is 0.208. The van der Waals surface area contributed by atoms with Gasteiger partial charge in [-0.1, -0.05) is 53.5 Å². The molecular formula is C24H23Cl2NO4. The van der Waals surface area contributed by atoms with Gasteiger partial charge in [-0.25, -0.2) is 0 Å². The van der Waals surface area contributed by atoms with E-state index in [-0.39, 0.29) is 5.91 Å². The molecule has 0 atom stereocenters. The standard InChI is InChI=1S/C24H23Cl2NO4/c25-18-12-13-22(20(26)17-18)30-14-6-11-24(28)27-21-9-4-5-10-23(21)31-16-15-29-19-7-2-1-3-8-19/h1-5,7-10,12-13,17H,6,11,14-16H2,(H,27,28). The average Bonchev–Trinajstić information content (AvgIpc) is 2.77. The maximum Gasteiger partial charge on any atom is 0.224 e. The van der Waals surface area contributed by atoms with Gasteiger partial charge >= 0.3 is 0 Å². The van der Waals surface area contributed by atoms with Crippen LogP contribution in [-0.4, -0.2) is 25.7 Å². The number of benzene rings is 3. The Morgan fingerprint density at radius 1 is 0.774 bits per heavy atom. The van der Waals surface area contributed by atoms with E-state index in [0.29, 0.717) is 59.9 Å². The van der Waals surface area contributed by atoms with Crippen LogP contribution in [0.25, 0.3) is 0 Å². The molecule has 3 aromatic carbocycles. The number of ether oxygens (including phenoxy) is 3. The average molecular weight is 460 g/mol. The van der Waals surface area contributed by atoms with Crippen molar-refractivity contribution in [1.29, 1.82) is 0 Å². The lowest BCUT2D eigenvalue weighted by atomic mass is 10.2. The number of hydrogen-bond donors (Lipinski definition) is 1. The summed E-state index contributed by atoms with van der Waals surface area (Å²) in [6.07, 6.45) is 0.843. The summed E-state index contributed by atoms with van der Waals surface area (Å²) in [4.78, 5) is 12.3. The van der Waals surface area contributed by atoms with E-state index in [4.69, 9.17) is 37.4 Å². The zero-order valence-electron chi connectivity index (χ0n) is 16.9. The molecule has 5 nitrogen and oxygen atoms in total. The Morgan fingerprint density at radius 3 is 2.29 bits per heavy atom. The number of halogens is 2. The van der Waals surface area contributed by atoms with Gasteiger partial charge in [0.1, 0.15) is 30.5 Å². The monoisotopic (exact) mass is 459 g/mol. The molecule has 0 bridgehead atoms. The van der Waals surface area contributed by atoms with Crippen LogP contribution < -0.4 is 19.5 Å². The summed E-state index contributed by atoms with van der Waals surface area (Å²) in [6.45, 7) is 1.12. The second kappa shape index (κ2) is 12.1. The SMILES string of the molecule is O=C(CCCOc1ccc(Cl)cc1Cl)Nc1ccccc1OCCOc1ccccc1. The number of nitrogens with one attached hydrogen (secondary N) is 1. The number of carbonyl (C=O) groups excluding carboxylic acids is 1. The third-order valence-electron chi connectivity index (χ3n) is 4.21. The molecule has 162 valence electrons. The summed E-state index contributed by atoms with van der Waals surface area (Å²) in [5, 5.41) is 3.87. The van der Waals surface area contributed by atoms with E-state index in [0.717, 1.165) is 5.75 Å². The smallest absolute Gasteiger partial charge is 0.224 e. The number of hydrogen-bond acceptors (Lipinski definition) is 4. The van der Waals surface area contributed by atoms with E-state index in [1.165, 1.54) is 0 Å². The van der Waals surface area contributed by atoms with Crippen LogP contribution in [0, 0.1) is 0 Å². The highest BCUT2D eigenvalue weighted by atomic mass is 35.5. The van der Waals surface area contributed by atoms with E-state index in [1.54, 1.807) is 24.3 Å². The molecule has 0 aromatic heterocycles. The number of para-hydroxylation sites is 3. The number of amides is 1. The summed E-state index contributed by atoms with van der Waals surface area (Å²) in [5.74, 6) is 1.80. The summed E-state index contributed by atoms with van der Waals surface area (Å²) in [7, 11) is 0. The van der Waals surface area contributed by atoms with Crippen molar-refractivity contribution in [1.82, 2.24) is 0 Å². The summed E-state index contributed by atoms with van der Waals surface area (Å²) in [6, 6.07) is 21.9. The summed E-state index contributed by atoms with van der Waals surface area (Å²) in [5.41, 5.74) is 0.619. The van der Waals surface area contributed by atoms with Crippen molar-refractivity contribution < 1.29 is 19.0 Å². The quantitative estimate of drug-likeness (QED) is 0.344. The first-order valence-electron chi connectivity index (χ1n) is 9.89. The largest absolute Gasteiger partial charge is 0.492 e. The van der Waals surface area contributed by atoms with Crippen LogP contribution >= 0.6 is 23.2 Å². The topological polar surface area (TPSA) is 56.8 Å². The molecule has 31 heavy (non-hydrogen) atoms. The van der Waals surface area contributed by atoms with Crippen LogP contribution in [0.2, 0.25) is 10.0 Å². The van der Waals surface area contributed by atoms with Crippen molar-refractivity contribution in [3.63, 3.8) is 0 Å². The van der Waals surface area contributed by atoms with E-state index in [9.17, 15) is 4.79 Å². The van der Waals surface area contributed by atoms with Crippen molar-refractivity contribution >= 4 is 34.8 Å². The Bertz CT molecular complexity index is 982. The molecule has 7 heteroatoms. The van der Waals surface area contributed by atoms with E-state index in [2.05, 4.69) is 5.32 Å². The van der Waals surface area contributed by atoms with Gasteiger partial charge in [-0.15, -0.1) is 0 Å². The van der Waals surface area contributed by atoms with Gasteiger partial charge in [-0.05, 0) is 48.9 Å². The van der Waals surface area contributed by atoms with Crippen LogP contribution in [0.3, 0.4) is 0 Å². The minimum Gasteiger partial charge on any atom is -0.492 e. The molecule has 0 aliphatic carbocycles. The van der Waals surface area contributed by atoms with Crippen LogP contribution in [0.5, 0.6) is 17.2 Å². The van der Waals surface area contributed by atoms with Crippen LogP contribution in [0.4, 0.5) is 5.69 Å². The molecular weight excluding hydrogens is 437 g/mol. The number of rotatable bonds is 11. The third-order valence-corrected chi connectivity index (χ3v) is 4.74. The van der Waals surface area contributed by atoms with Crippen LogP contribution in [0.15, 0.2) is 72.8 Å². The molecule has 3 aromatic rings. The molecule has 0 aliphatic rings. The van der Waals surface area contributed by atoms with Crippen molar-refractivity contribution in [2.45, 2.75) is 12.8 Å². The molecule has 0 unspecified atom stereocenters. The first kappa shape index (κ1) is 22.8. The van der Waals surface area contributed by atoms with Crippen molar-refractivity contribution in [2.24, 2.45) is 0 Å². The highest BCUT2D eigenvalue weighted by molar-refractivity contribution is 6.35. The van der Waals surface area contributed by atoms with Gasteiger partial charge in [-0.2, -0.15) is 0 Å². The molecule has 1 N–H and O–H groups in total. The lowest BCUT2D eigenvalue weighted by molar-refractivity contribution is -0.116. The molecule has 0 radical (unpaired) electrons. The maximum absolute atomic E-state index is 12.3. The van der Waals surface area contributed by atoms with Crippen LogP contribution in [0.1, 0.15) is 12.8 Å². The summed E-state index contributed by atoms with van der Waals surface area (Å²) >= 11 is 11.9. The molecule has 0 saturated carbocycles. The first-order chi connectivity index (χ1) is 15.1. The Hall–Kier alpha value is -2.89. The Kier molecular flexibility index (Phi) is 8.88. The van der Waals surface area contributed by atoms with Crippen LogP contribution in [-0.2, 0) is 4.79 Å².